The van der Waals surface area contributed by atoms with Crippen LogP contribution < -0.4 is 0 Å². The first-order valence-electron chi connectivity index (χ1n) is 5.29. The molecule has 0 aliphatic carbocycles. The highest BCUT2D eigenvalue weighted by Crippen LogP contribution is 2.31. The Morgan fingerprint density at radius 3 is 1.60 bits per heavy atom. The Bertz CT molecular complexity index is 628. The Hall–Kier alpha value is -1.47. The molecule has 106 valence electrons. The number of halogens is 6. The van der Waals surface area contributed by atoms with Gasteiger partial charge in [-0.25, -0.2) is 22.0 Å². The molecular weight excluding hydrogens is 347 g/mol. The van der Waals surface area contributed by atoms with E-state index >= 15 is 0 Å². The standard InChI is InChI=1S/C13H6BrF5O/c14-6-3-1-5(2-4-6)13(20)7-8(15)10(17)12(19)11(18)9(7)16/h1-4,13,20H. The van der Waals surface area contributed by atoms with Gasteiger partial charge in [0.05, 0.1) is 5.56 Å². The summed E-state index contributed by atoms with van der Waals surface area (Å²) in [6, 6.07) is 5.52. The minimum Gasteiger partial charge on any atom is -0.383 e. The maximum Gasteiger partial charge on any atom is 0.200 e. The van der Waals surface area contributed by atoms with Gasteiger partial charge in [-0.05, 0) is 17.7 Å². The lowest BCUT2D eigenvalue weighted by Gasteiger charge is -2.14. The van der Waals surface area contributed by atoms with E-state index < -0.39 is 40.8 Å². The van der Waals surface area contributed by atoms with Gasteiger partial charge in [-0.1, -0.05) is 28.1 Å². The second-order valence-electron chi connectivity index (χ2n) is 3.94. The lowest BCUT2D eigenvalue weighted by atomic mass is 10.00. The number of benzene rings is 2. The number of hydrogen-bond acceptors (Lipinski definition) is 1. The van der Waals surface area contributed by atoms with Crippen molar-refractivity contribution >= 4 is 15.9 Å². The van der Waals surface area contributed by atoms with Crippen molar-refractivity contribution in [1.29, 1.82) is 0 Å². The van der Waals surface area contributed by atoms with Crippen LogP contribution in [0.4, 0.5) is 22.0 Å². The van der Waals surface area contributed by atoms with Crippen molar-refractivity contribution in [1.82, 2.24) is 0 Å². The molecule has 0 bridgehead atoms. The Morgan fingerprint density at radius 1 is 0.750 bits per heavy atom. The number of aliphatic hydroxyl groups excluding tert-OH is 1. The summed E-state index contributed by atoms with van der Waals surface area (Å²) in [6.45, 7) is 0. The zero-order chi connectivity index (χ0) is 15.0. The summed E-state index contributed by atoms with van der Waals surface area (Å²) < 4.78 is 66.7. The van der Waals surface area contributed by atoms with Crippen molar-refractivity contribution in [2.45, 2.75) is 6.10 Å². The SMILES string of the molecule is OC(c1ccc(Br)cc1)c1c(F)c(F)c(F)c(F)c1F. The molecule has 1 unspecified atom stereocenters. The summed E-state index contributed by atoms with van der Waals surface area (Å²) in [5, 5.41) is 9.83. The molecular formula is C13H6BrF5O. The highest BCUT2D eigenvalue weighted by molar-refractivity contribution is 9.10. The van der Waals surface area contributed by atoms with Gasteiger partial charge in [0, 0.05) is 4.47 Å². The Kier molecular flexibility index (Phi) is 4.10. The first-order chi connectivity index (χ1) is 9.34. The fraction of sp³-hybridized carbons (Fsp3) is 0.0769. The molecule has 0 saturated carbocycles. The molecule has 0 saturated heterocycles. The lowest BCUT2D eigenvalue weighted by molar-refractivity contribution is 0.202. The van der Waals surface area contributed by atoms with Gasteiger partial charge in [0.15, 0.2) is 23.3 Å². The van der Waals surface area contributed by atoms with Crippen LogP contribution in [0, 0.1) is 29.1 Å². The normalized spacial score (nSPS) is 12.6. The predicted octanol–water partition coefficient (Wildman–Crippen LogP) is 4.23. The summed E-state index contributed by atoms with van der Waals surface area (Å²) in [4.78, 5) is 0. The Balaban J connectivity index is 2.60. The quantitative estimate of drug-likeness (QED) is 0.487. The van der Waals surface area contributed by atoms with Crippen molar-refractivity contribution in [2.24, 2.45) is 0 Å². The van der Waals surface area contributed by atoms with Crippen molar-refractivity contribution in [3.8, 4) is 0 Å². The van der Waals surface area contributed by atoms with Crippen LogP contribution in [0.1, 0.15) is 17.2 Å². The number of hydrogen-bond donors (Lipinski definition) is 1. The van der Waals surface area contributed by atoms with E-state index in [9.17, 15) is 27.1 Å². The second-order valence-corrected chi connectivity index (χ2v) is 4.85. The van der Waals surface area contributed by atoms with Crippen LogP contribution in [-0.4, -0.2) is 5.11 Å². The van der Waals surface area contributed by atoms with Gasteiger partial charge in [0.25, 0.3) is 0 Å². The number of rotatable bonds is 2. The van der Waals surface area contributed by atoms with Crippen LogP contribution in [0.2, 0.25) is 0 Å². The van der Waals surface area contributed by atoms with Crippen LogP contribution in [0.3, 0.4) is 0 Å². The van der Waals surface area contributed by atoms with Gasteiger partial charge in [-0.15, -0.1) is 0 Å². The van der Waals surface area contributed by atoms with E-state index in [1.807, 2.05) is 0 Å². The third kappa shape index (κ3) is 2.43. The molecule has 0 heterocycles. The zero-order valence-corrected chi connectivity index (χ0v) is 11.2. The fourth-order valence-corrected chi connectivity index (χ4v) is 1.94. The molecule has 0 fully saturated rings. The van der Waals surface area contributed by atoms with Crippen LogP contribution in [0.15, 0.2) is 28.7 Å². The average Bonchev–Trinajstić information content (AvgIpc) is 2.44. The van der Waals surface area contributed by atoms with Gasteiger partial charge in [0.1, 0.15) is 6.10 Å². The third-order valence-electron chi connectivity index (χ3n) is 2.70. The Morgan fingerprint density at radius 2 is 1.15 bits per heavy atom. The molecule has 2 aromatic carbocycles. The van der Waals surface area contributed by atoms with Crippen LogP contribution in [0.5, 0.6) is 0 Å². The van der Waals surface area contributed by atoms with Crippen molar-refractivity contribution < 1.29 is 27.1 Å². The molecule has 0 radical (unpaired) electrons. The topological polar surface area (TPSA) is 20.2 Å². The molecule has 0 amide bonds. The van der Waals surface area contributed by atoms with Crippen molar-refractivity contribution in [2.75, 3.05) is 0 Å². The average molecular weight is 353 g/mol. The first kappa shape index (κ1) is 14.9. The largest absolute Gasteiger partial charge is 0.383 e. The molecule has 1 atom stereocenters. The molecule has 0 aliphatic rings. The molecule has 1 nitrogen and oxygen atoms in total. The minimum atomic E-state index is -2.26. The zero-order valence-electron chi connectivity index (χ0n) is 9.60. The van der Waals surface area contributed by atoms with E-state index in [0.29, 0.717) is 4.47 Å². The Labute approximate surface area is 118 Å². The van der Waals surface area contributed by atoms with Crippen LogP contribution in [-0.2, 0) is 0 Å². The fourth-order valence-electron chi connectivity index (χ4n) is 1.67. The number of aliphatic hydroxyl groups is 1. The van der Waals surface area contributed by atoms with E-state index in [0.717, 1.165) is 0 Å². The monoisotopic (exact) mass is 352 g/mol. The van der Waals surface area contributed by atoms with E-state index in [1.165, 1.54) is 24.3 Å². The summed E-state index contributed by atoms with van der Waals surface area (Å²) in [7, 11) is 0. The van der Waals surface area contributed by atoms with E-state index in [2.05, 4.69) is 15.9 Å². The molecule has 0 spiro atoms. The maximum atomic E-state index is 13.5. The van der Waals surface area contributed by atoms with Crippen molar-refractivity contribution in [3.63, 3.8) is 0 Å². The van der Waals surface area contributed by atoms with Gasteiger partial charge in [-0.2, -0.15) is 0 Å². The molecule has 2 rings (SSSR count). The summed E-state index contributed by atoms with van der Waals surface area (Å²) in [6.07, 6.45) is -1.97. The summed E-state index contributed by atoms with van der Waals surface area (Å²) in [5.74, 6) is -10.5. The van der Waals surface area contributed by atoms with Gasteiger partial charge < -0.3 is 5.11 Å². The molecule has 7 heteroatoms. The third-order valence-corrected chi connectivity index (χ3v) is 3.23. The molecule has 0 aromatic heterocycles. The van der Waals surface area contributed by atoms with Crippen LogP contribution >= 0.6 is 15.9 Å². The van der Waals surface area contributed by atoms with Gasteiger partial charge in [0.2, 0.25) is 5.82 Å². The van der Waals surface area contributed by atoms with E-state index in [1.54, 1.807) is 0 Å². The molecule has 1 N–H and O–H groups in total. The summed E-state index contributed by atoms with van der Waals surface area (Å²) >= 11 is 3.11. The van der Waals surface area contributed by atoms with Gasteiger partial charge in [-0.3, -0.25) is 0 Å². The maximum absolute atomic E-state index is 13.5. The summed E-state index contributed by atoms with van der Waals surface area (Å²) in [5.41, 5.74) is -1.28. The highest BCUT2D eigenvalue weighted by atomic mass is 79.9. The van der Waals surface area contributed by atoms with Gasteiger partial charge >= 0.3 is 0 Å². The molecule has 0 aliphatic heterocycles. The van der Waals surface area contributed by atoms with Crippen molar-refractivity contribution in [3.05, 3.63) is 69.0 Å². The molecule has 20 heavy (non-hydrogen) atoms. The van der Waals surface area contributed by atoms with E-state index in [-0.39, 0.29) is 5.56 Å². The van der Waals surface area contributed by atoms with E-state index in [4.69, 9.17) is 0 Å². The lowest BCUT2D eigenvalue weighted by Crippen LogP contribution is -2.12. The second kappa shape index (κ2) is 5.49. The smallest absolute Gasteiger partial charge is 0.200 e. The minimum absolute atomic E-state index is 0.00333. The highest BCUT2D eigenvalue weighted by Gasteiger charge is 2.30. The predicted molar refractivity (Wildman–Crippen MR) is 64.4 cm³/mol. The van der Waals surface area contributed by atoms with Crippen LogP contribution in [0.25, 0.3) is 0 Å². The molecule has 2 aromatic rings. The first-order valence-corrected chi connectivity index (χ1v) is 6.08.